The van der Waals surface area contributed by atoms with Gasteiger partial charge in [-0.2, -0.15) is 0 Å². The van der Waals surface area contributed by atoms with E-state index in [2.05, 4.69) is 51.0 Å². The summed E-state index contributed by atoms with van der Waals surface area (Å²) < 4.78 is 0. The van der Waals surface area contributed by atoms with Gasteiger partial charge < -0.3 is 10.6 Å². The summed E-state index contributed by atoms with van der Waals surface area (Å²) in [5.41, 5.74) is 6.41. The third-order valence-electron chi connectivity index (χ3n) is 5.41. The van der Waals surface area contributed by atoms with Crippen LogP contribution in [0.5, 0.6) is 0 Å². The Labute approximate surface area is 144 Å². The summed E-state index contributed by atoms with van der Waals surface area (Å²) in [7, 11) is 0. The highest BCUT2D eigenvalue weighted by Crippen LogP contribution is 2.43. The molecule has 1 aliphatic carbocycles. The molecule has 1 unspecified atom stereocenters. The van der Waals surface area contributed by atoms with E-state index < -0.39 is 0 Å². The molecule has 1 fully saturated rings. The lowest BCUT2D eigenvalue weighted by atomic mass is 9.71. The van der Waals surface area contributed by atoms with Crippen molar-refractivity contribution in [3.63, 3.8) is 0 Å². The minimum atomic E-state index is 0.191. The summed E-state index contributed by atoms with van der Waals surface area (Å²) in [4.78, 5) is 8.68. The molecule has 1 atom stereocenters. The Morgan fingerprint density at radius 2 is 1.91 bits per heavy atom. The Morgan fingerprint density at radius 1 is 1.22 bits per heavy atom. The Hall–Kier alpha value is -1.00. The SMILES string of the molecule is CCc1ccc(C2C=C(N)ON2C2CCC(C(C)(C)C)CC2)s1. The molecule has 0 spiro atoms. The summed E-state index contributed by atoms with van der Waals surface area (Å²) in [6, 6.07) is 5.14. The van der Waals surface area contributed by atoms with Crippen molar-refractivity contribution in [1.29, 1.82) is 0 Å². The monoisotopic (exact) mass is 334 g/mol. The van der Waals surface area contributed by atoms with Crippen molar-refractivity contribution >= 4 is 11.3 Å². The summed E-state index contributed by atoms with van der Waals surface area (Å²) >= 11 is 1.88. The van der Waals surface area contributed by atoms with Crippen molar-refractivity contribution in [2.24, 2.45) is 17.1 Å². The van der Waals surface area contributed by atoms with Gasteiger partial charge in [-0.05, 0) is 55.6 Å². The van der Waals surface area contributed by atoms with Gasteiger partial charge in [-0.3, -0.25) is 0 Å². The zero-order chi connectivity index (χ0) is 16.6. The second-order valence-corrected chi connectivity index (χ2v) is 9.19. The van der Waals surface area contributed by atoms with Gasteiger partial charge in [0.25, 0.3) is 0 Å². The van der Waals surface area contributed by atoms with Gasteiger partial charge in [0.1, 0.15) is 6.04 Å². The predicted octanol–water partition coefficient (Wildman–Crippen LogP) is 5.00. The Balaban J connectivity index is 1.70. The first-order chi connectivity index (χ1) is 10.9. The Bertz CT molecular complexity index is 564. The normalized spacial score (nSPS) is 29.4. The Morgan fingerprint density at radius 3 is 2.48 bits per heavy atom. The molecule has 2 aliphatic rings. The first kappa shape index (κ1) is 16.8. The maximum Gasteiger partial charge on any atom is 0.207 e. The van der Waals surface area contributed by atoms with E-state index in [-0.39, 0.29) is 6.04 Å². The van der Waals surface area contributed by atoms with E-state index in [9.17, 15) is 0 Å². The van der Waals surface area contributed by atoms with Crippen LogP contribution in [0.4, 0.5) is 0 Å². The molecule has 23 heavy (non-hydrogen) atoms. The lowest BCUT2D eigenvalue weighted by molar-refractivity contribution is -0.162. The maximum absolute atomic E-state index is 6.00. The first-order valence-electron chi connectivity index (χ1n) is 8.90. The van der Waals surface area contributed by atoms with Crippen LogP contribution in [0.1, 0.15) is 69.2 Å². The molecule has 1 aliphatic heterocycles. The fourth-order valence-corrected chi connectivity index (χ4v) is 4.90. The van der Waals surface area contributed by atoms with Crippen molar-refractivity contribution in [2.45, 2.75) is 71.9 Å². The summed E-state index contributed by atoms with van der Waals surface area (Å²) in [5, 5.41) is 2.17. The van der Waals surface area contributed by atoms with Gasteiger partial charge in [0.15, 0.2) is 0 Å². The van der Waals surface area contributed by atoms with E-state index in [1.165, 1.54) is 35.4 Å². The minimum absolute atomic E-state index is 0.191. The first-order valence-corrected chi connectivity index (χ1v) is 9.72. The van der Waals surface area contributed by atoms with Crippen molar-refractivity contribution < 1.29 is 4.84 Å². The molecule has 1 aromatic rings. The van der Waals surface area contributed by atoms with Crippen LogP contribution in [0, 0.1) is 11.3 Å². The van der Waals surface area contributed by atoms with Gasteiger partial charge in [0.2, 0.25) is 5.88 Å². The number of nitrogens with zero attached hydrogens (tertiary/aromatic N) is 1. The van der Waals surface area contributed by atoms with Crippen LogP contribution in [-0.2, 0) is 11.3 Å². The molecule has 3 nitrogen and oxygen atoms in total. The number of hydroxylamine groups is 2. The minimum Gasteiger partial charge on any atom is -0.387 e. The van der Waals surface area contributed by atoms with Crippen molar-refractivity contribution in [3.8, 4) is 0 Å². The zero-order valence-corrected chi connectivity index (χ0v) is 15.7. The van der Waals surface area contributed by atoms with Gasteiger partial charge in [-0.15, -0.1) is 16.4 Å². The van der Waals surface area contributed by atoms with E-state index in [1.54, 1.807) is 0 Å². The molecule has 1 saturated carbocycles. The summed E-state index contributed by atoms with van der Waals surface area (Å²) in [6.45, 7) is 9.30. The highest BCUT2D eigenvalue weighted by Gasteiger charge is 2.38. The van der Waals surface area contributed by atoms with Crippen molar-refractivity contribution in [2.75, 3.05) is 0 Å². The highest BCUT2D eigenvalue weighted by atomic mass is 32.1. The topological polar surface area (TPSA) is 38.5 Å². The molecule has 0 radical (unpaired) electrons. The second kappa shape index (κ2) is 6.48. The molecule has 1 aromatic heterocycles. The van der Waals surface area contributed by atoms with E-state index in [1.807, 2.05) is 11.3 Å². The molecule has 0 amide bonds. The average Bonchev–Trinajstić information content (AvgIpc) is 3.12. The molecule has 128 valence electrons. The third kappa shape index (κ3) is 3.58. The smallest absolute Gasteiger partial charge is 0.207 e. The lowest BCUT2D eigenvalue weighted by Crippen LogP contribution is -2.39. The quantitative estimate of drug-likeness (QED) is 0.845. The molecule has 3 rings (SSSR count). The van der Waals surface area contributed by atoms with Crippen LogP contribution >= 0.6 is 11.3 Å². The fraction of sp³-hybridized carbons (Fsp3) is 0.684. The van der Waals surface area contributed by atoms with Crippen molar-refractivity contribution in [1.82, 2.24) is 5.06 Å². The molecule has 0 bridgehead atoms. The number of aryl methyl sites for hydroxylation is 1. The number of hydrogen-bond acceptors (Lipinski definition) is 4. The average molecular weight is 335 g/mol. The standard InChI is InChI=1S/C19H30N2OS/c1-5-15-10-11-17(23-15)16-12-18(20)22-21(16)14-8-6-13(7-9-14)19(2,3)4/h10-14,16H,5-9,20H2,1-4H3. The highest BCUT2D eigenvalue weighted by molar-refractivity contribution is 7.12. The number of nitrogens with two attached hydrogens (primary N) is 1. The predicted molar refractivity (Wildman–Crippen MR) is 96.8 cm³/mol. The van der Waals surface area contributed by atoms with E-state index in [4.69, 9.17) is 10.6 Å². The Kier molecular flexibility index (Phi) is 4.75. The lowest BCUT2D eigenvalue weighted by Gasteiger charge is -2.40. The zero-order valence-electron chi connectivity index (χ0n) is 14.8. The van der Waals surface area contributed by atoms with Gasteiger partial charge in [-0.25, -0.2) is 0 Å². The molecular formula is C19H30N2OS. The van der Waals surface area contributed by atoms with Crippen LogP contribution in [-0.4, -0.2) is 11.1 Å². The fourth-order valence-electron chi connectivity index (χ4n) is 3.89. The van der Waals surface area contributed by atoms with Gasteiger partial charge in [-0.1, -0.05) is 27.7 Å². The van der Waals surface area contributed by atoms with E-state index in [0.29, 0.717) is 17.3 Å². The molecule has 0 saturated heterocycles. The number of thiophene rings is 1. The van der Waals surface area contributed by atoms with E-state index >= 15 is 0 Å². The number of hydrogen-bond donors (Lipinski definition) is 1. The van der Waals surface area contributed by atoms with Crippen LogP contribution in [0.2, 0.25) is 0 Å². The maximum atomic E-state index is 6.00. The van der Waals surface area contributed by atoms with Crippen LogP contribution in [0.25, 0.3) is 0 Å². The van der Waals surface area contributed by atoms with Gasteiger partial charge in [0.05, 0.1) is 0 Å². The molecule has 2 heterocycles. The van der Waals surface area contributed by atoms with Crippen LogP contribution in [0.15, 0.2) is 24.1 Å². The van der Waals surface area contributed by atoms with Crippen LogP contribution in [0.3, 0.4) is 0 Å². The number of rotatable bonds is 3. The molecule has 4 heteroatoms. The van der Waals surface area contributed by atoms with Crippen LogP contribution < -0.4 is 5.73 Å². The summed E-state index contributed by atoms with van der Waals surface area (Å²) in [6.07, 6.45) is 8.13. The second-order valence-electron chi connectivity index (χ2n) is 7.99. The van der Waals surface area contributed by atoms with E-state index in [0.717, 1.165) is 12.3 Å². The third-order valence-corrected chi connectivity index (χ3v) is 6.71. The molecular weight excluding hydrogens is 304 g/mol. The van der Waals surface area contributed by atoms with Gasteiger partial charge in [0, 0.05) is 21.9 Å². The summed E-state index contributed by atoms with van der Waals surface area (Å²) in [5.74, 6) is 1.37. The molecule has 2 N–H and O–H groups in total. The molecule has 0 aromatic carbocycles. The van der Waals surface area contributed by atoms with Gasteiger partial charge >= 0.3 is 0 Å². The largest absolute Gasteiger partial charge is 0.387 e. The van der Waals surface area contributed by atoms with Crippen molar-refractivity contribution in [3.05, 3.63) is 33.8 Å².